The summed E-state index contributed by atoms with van der Waals surface area (Å²) in [4.78, 5) is 68.2. The van der Waals surface area contributed by atoms with Crippen molar-refractivity contribution in [3.63, 3.8) is 0 Å². The van der Waals surface area contributed by atoms with Gasteiger partial charge in [0.2, 0.25) is 0 Å². The molecule has 0 amide bonds. The molecular formula is C10H14K4N3O14P3. The molecule has 1 fully saturated rings. The van der Waals surface area contributed by atoms with Crippen LogP contribution < -0.4 is 242 Å². The van der Waals surface area contributed by atoms with Crippen LogP contribution in [0.3, 0.4) is 0 Å². The SMILES string of the molecule is C[C@@]1(N)[C@H](O)[C@@H](COP(=O)([O-])OP(=O)([O-])OP(=O)([O-])[O-])O[C@H]1n1ccc(=O)[nH]c1=O.[K+].[K+].[K+].[K+]. The smallest absolute Gasteiger partial charge is 0.790 e. The van der Waals surface area contributed by atoms with Crippen LogP contribution in [0.5, 0.6) is 0 Å². The molecule has 2 heterocycles. The number of ether oxygens (including phenoxy) is 1. The average molecular weight is 650 g/mol. The van der Waals surface area contributed by atoms with E-state index < -0.39 is 65.3 Å². The van der Waals surface area contributed by atoms with Crippen LogP contribution in [0.25, 0.3) is 0 Å². The van der Waals surface area contributed by atoms with E-state index >= 15 is 0 Å². The molecule has 1 aromatic heterocycles. The maximum atomic E-state index is 11.9. The third-order valence-electron chi connectivity index (χ3n) is 3.73. The first-order valence-electron chi connectivity index (χ1n) is 7.59. The van der Waals surface area contributed by atoms with Gasteiger partial charge in [0.25, 0.3) is 21.2 Å². The average Bonchev–Trinajstić information content (AvgIpc) is 2.73. The van der Waals surface area contributed by atoms with E-state index in [4.69, 9.17) is 10.5 Å². The molecule has 6 atom stereocenters. The number of aliphatic hydroxyl groups is 1. The zero-order valence-corrected chi connectivity index (χ0v) is 33.9. The van der Waals surface area contributed by atoms with Crippen molar-refractivity contribution < 1.29 is 262 Å². The van der Waals surface area contributed by atoms with E-state index in [9.17, 15) is 48.0 Å². The van der Waals surface area contributed by atoms with Gasteiger partial charge in [-0.1, -0.05) is 0 Å². The number of phosphoric acid groups is 3. The molecule has 0 saturated carbocycles. The van der Waals surface area contributed by atoms with E-state index in [1.165, 1.54) is 6.92 Å². The number of nitrogens with zero attached hydrogens (tertiary/aromatic N) is 1. The molecule has 1 aromatic rings. The van der Waals surface area contributed by atoms with Crippen molar-refractivity contribution in [3.05, 3.63) is 33.1 Å². The molecule has 0 aromatic carbocycles. The summed E-state index contributed by atoms with van der Waals surface area (Å²) in [6, 6.07) is 0.952. The number of rotatable bonds is 8. The van der Waals surface area contributed by atoms with Gasteiger partial charge in [-0.3, -0.25) is 27.8 Å². The van der Waals surface area contributed by atoms with Crippen molar-refractivity contribution in [2.45, 2.75) is 30.9 Å². The molecule has 172 valence electrons. The van der Waals surface area contributed by atoms with Crippen molar-refractivity contribution >= 4 is 23.5 Å². The van der Waals surface area contributed by atoms with E-state index in [0.717, 1.165) is 16.8 Å². The van der Waals surface area contributed by atoms with Gasteiger partial charge in [0.15, 0.2) is 6.23 Å². The molecule has 2 unspecified atom stereocenters. The molecule has 2 rings (SSSR count). The van der Waals surface area contributed by atoms with Crippen LogP contribution in [0.2, 0.25) is 0 Å². The minimum atomic E-state index is -6.15. The van der Waals surface area contributed by atoms with Gasteiger partial charge < -0.3 is 44.2 Å². The number of phosphoric ester groups is 1. The summed E-state index contributed by atoms with van der Waals surface area (Å²) in [5.41, 5.74) is 2.51. The second-order valence-corrected chi connectivity index (χ2v) is 10.4. The molecule has 0 spiro atoms. The second-order valence-electron chi connectivity index (χ2n) is 6.16. The van der Waals surface area contributed by atoms with E-state index in [2.05, 4.69) is 13.1 Å². The Bertz CT molecular complexity index is 1060. The van der Waals surface area contributed by atoms with Crippen molar-refractivity contribution in [3.8, 4) is 0 Å². The predicted octanol–water partition coefficient (Wildman–Crippen LogP) is -16.7. The van der Waals surface area contributed by atoms with E-state index in [1.807, 2.05) is 4.98 Å². The van der Waals surface area contributed by atoms with Crippen molar-refractivity contribution in [2.24, 2.45) is 5.73 Å². The Morgan fingerprint density at radius 1 is 1.12 bits per heavy atom. The first-order chi connectivity index (χ1) is 13.4. The monoisotopic (exact) mass is 649 g/mol. The quantitative estimate of drug-likeness (QED) is 0.174. The number of H-pyrrole nitrogens is 1. The van der Waals surface area contributed by atoms with Crippen LogP contribution in [0.4, 0.5) is 0 Å². The standard InChI is InChI=1S/C10H18N3O14P3.4K/c1-10(11)7(15)5(25-8(10)13-3-2-6(14)12-9(13)16)4-24-29(20,21)27-30(22,23)26-28(17,18)19;;;;/h2-3,5,7-8,15H,4,11H2,1H3,(H,20,21)(H,22,23)(H,12,14,16)(H2,17,18,19);;;;/q;4*+1/p-4/t5-,7-,8-,10-;;;;/m1..../s1. The predicted molar refractivity (Wildman–Crippen MR) is 84.8 cm³/mol. The Kier molecular flexibility index (Phi) is 22.7. The topological polar surface area (TPSA) is 281 Å². The van der Waals surface area contributed by atoms with Crippen molar-refractivity contribution in [1.29, 1.82) is 0 Å². The first-order valence-corrected chi connectivity index (χ1v) is 12.0. The van der Waals surface area contributed by atoms with E-state index in [1.54, 1.807) is 0 Å². The number of nitrogens with two attached hydrogens (primary N) is 1. The Morgan fingerprint density at radius 2 is 1.65 bits per heavy atom. The molecular weight excluding hydrogens is 635 g/mol. The van der Waals surface area contributed by atoms with Gasteiger partial charge in [-0.15, -0.1) is 0 Å². The van der Waals surface area contributed by atoms with Crippen LogP contribution in [-0.2, 0) is 31.6 Å². The van der Waals surface area contributed by atoms with Gasteiger partial charge >= 0.3 is 211 Å². The minimum Gasteiger partial charge on any atom is -0.790 e. The fourth-order valence-corrected chi connectivity index (χ4v) is 5.35. The zero-order chi connectivity index (χ0) is 23.1. The number of aromatic amines is 1. The molecule has 24 heteroatoms. The van der Waals surface area contributed by atoms with Gasteiger partial charge in [0, 0.05) is 12.3 Å². The van der Waals surface area contributed by atoms with Crippen LogP contribution in [-0.4, -0.2) is 39.0 Å². The number of hydrogen-bond donors (Lipinski definition) is 3. The number of aromatic nitrogens is 2. The molecule has 0 bridgehead atoms. The summed E-state index contributed by atoms with van der Waals surface area (Å²) in [6.07, 6.45) is -3.66. The number of nitrogens with one attached hydrogen (secondary N) is 1. The Labute approximate surface area is 362 Å². The van der Waals surface area contributed by atoms with Crippen molar-refractivity contribution in [1.82, 2.24) is 9.55 Å². The Morgan fingerprint density at radius 3 is 2.12 bits per heavy atom. The largest absolute Gasteiger partial charge is 1.00 e. The molecule has 1 saturated heterocycles. The molecule has 0 radical (unpaired) electrons. The third-order valence-corrected chi connectivity index (χ3v) is 7.39. The second kappa shape index (κ2) is 17.6. The van der Waals surface area contributed by atoms with Crippen LogP contribution in [0.1, 0.15) is 13.2 Å². The van der Waals surface area contributed by atoms with Gasteiger partial charge in [-0.25, -0.2) is 9.11 Å². The summed E-state index contributed by atoms with van der Waals surface area (Å²) in [5, 5.41) is 10.3. The fourth-order valence-electron chi connectivity index (χ4n) is 2.49. The number of hydrogen-bond acceptors (Lipinski definition) is 15. The maximum Gasteiger partial charge on any atom is 1.00 e. The number of aliphatic hydroxyl groups excluding tert-OH is 1. The maximum absolute atomic E-state index is 11.9. The minimum absolute atomic E-state index is 0. The molecule has 1 aliphatic rings. The van der Waals surface area contributed by atoms with Crippen LogP contribution >= 0.6 is 23.5 Å². The summed E-state index contributed by atoms with van der Waals surface area (Å²) in [6.45, 7) is 0.128. The molecule has 1 aliphatic heterocycles. The summed E-state index contributed by atoms with van der Waals surface area (Å²) in [7, 11) is -18.1. The van der Waals surface area contributed by atoms with Gasteiger partial charge in [-0.2, -0.15) is 0 Å². The first kappa shape index (κ1) is 44.0. The zero-order valence-electron chi connectivity index (χ0n) is 18.7. The third kappa shape index (κ3) is 13.7. The van der Waals surface area contributed by atoms with E-state index in [0.29, 0.717) is 0 Å². The Hall–Kier alpha value is 5.52. The van der Waals surface area contributed by atoms with Crippen LogP contribution in [0, 0.1) is 0 Å². The normalized spacial score (nSPS) is 27.6. The van der Waals surface area contributed by atoms with Gasteiger partial charge in [0.05, 0.1) is 20.0 Å². The van der Waals surface area contributed by atoms with Crippen molar-refractivity contribution in [2.75, 3.05) is 6.61 Å². The summed E-state index contributed by atoms with van der Waals surface area (Å²) in [5.74, 6) is 0. The van der Waals surface area contributed by atoms with E-state index in [-0.39, 0.29) is 206 Å². The van der Waals surface area contributed by atoms with Crippen LogP contribution in [0.15, 0.2) is 21.9 Å². The van der Waals surface area contributed by atoms with Gasteiger partial charge in [0.1, 0.15) is 12.2 Å². The molecule has 4 N–H and O–H groups in total. The van der Waals surface area contributed by atoms with Gasteiger partial charge in [-0.05, 0) is 6.92 Å². The summed E-state index contributed by atoms with van der Waals surface area (Å²) < 4.78 is 49.7. The molecule has 17 nitrogen and oxygen atoms in total. The molecule has 0 aliphatic carbocycles. The molecule has 34 heavy (non-hydrogen) atoms. The Balaban J connectivity index is -0.00000240. The summed E-state index contributed by atoms with van der Waals surface area (Å²) >= 11 is 0. The fraction of sp³-hybridized carbons (Fsp3) is 0.600.